The number of aromatic nitrogens is 1. The topological polar surface area (TPSA) is 62.0 Å². The molecule has 98 valence electrons. The van der Waals surface area contributed by atoms with Gasteiger partial charge < -0.3 is 10.3 Å². The second kappa shape index (κ2) is 6.04. The molecule has 19 heavy (non-hydrogen) atoms. The number of benzene rings is 1. The predicted molar refractivity (Wildman–Crippen MR) is 77.9 cm³/mol. The third-order valence-electron chi connectivity index (χ3n) is 2.46. The molecule has 1 aromatic heterocycles. The Bertz CT molecular complexity index is 598. The average molecular weight is 342 g/mol. The summed E-state index contributed by atoms with van der Waals surface area (Å²) in [6.45, 7) is 0. The quantitative estimate of drug-likeness (QED) is 0.509. The first kappa shape index (κ1) is 13.8. The van der Waals surface area contributed by atoms with Crippen LogP contribution in [-0.4, -0.2) is 21.5 Å². The molecule has 6 heteroatoms. The van der Waals surface area contributed by atoms with Crippen LogP contribution < -0.4 is 5.32 Å². The number of halogens is 2. The second-order valence-corrected chi connectivity index (χ2v) is 5.12. The number of H-pyrrole nitrogens is 1. The summed E-state index contributed by atoms with van der Waals surface area (Å²) < 4.78 is 0. The van der Waals surface area contributed by atoms with Crippen molar-refractivity contribution in [3.8, 4) is 0 Å². The van der Waals surface area contributed by atoms with Crippen molar-refractivity contribution in [2.45, 2.75) is 4.83 Å². The molecule has 1 aromatic carbocycles. The summed E-state index contributed by atoms with van der Waals surface area (Å²) in [5, 5.41) is 2.94. The van der Waals surface area contributed by atoms with E-state index in [0.717, 1.165) is 0 Å². The monoisotopic (exact) mass is 340 g/mol. The number of alkyl halides is 1. The third-order valence-corrected chi connectivity index (χ3v) is 3.61. The van der Waals surface area contributed by atoms with Gasteiger partial charge in [0.25, 0.3) is 0 Å². The molecule has 2 rings (SSSR count). The highest BCUT2D eigenvalue weighted by molar-refractivity contribution is 9.10. The van der Waals surface area contributed by atoms with Crippen LogP contribution in [0.15, 0.2) is 42.7 Å². The molecule has 0 aliphatic heterocycles. The first-order chi connectivity index (χ1) is 9.09. The molecule has 0 saturated heterocycles. The summed E-state index contributed by atoms with van der Waals surface area (Å²) in [7, 11) is 0. The normalized spacial score (nSPS) is 11.9. The molecule has 1 heterocycles. The van der Waals surface area contributed by atoms with E-state index in [4.69, 9.17) is 11.6 Å². The summed E-state index contributed by atoms with van der Waals surface area (Å²) in [4.78, 5) is 25.7. The minimum atomic E-state index is -0.985. The van der Waals surface area contributed by atoms with Gasteiger partial charge in [-0.05, 0) is 12.1 Å². The molecule has 0 bridgehead atoms. The van der Waals surface area contributed by atoms with Gasteiger partial charge in [0.05, 0.1) is 10.6 Å². The number of para-hydroxylation sites is 1. The molecule has 0 radical (unpaired) electrons. The Kier molecular flexibility index (Phi) is 4.39. The van der Waals surface area contributed by atoms with Crippen molar-refractivity contribution < 1.29 is 9.59 Å². The van der Waals surface area contributed by atoms with Crippen molar-refractivity contribution in [1.29, 1.82) is 0 Å². The van der Waals surface area contributed by atoms with E-state index in [1.165, 1.54) is 12.4 Å². The molecule has 0 fully saturated rings. The predicted octanol–water partition coefficient (Wildman–Crippen LogP) is 3.25. The average Bonchev–Trinajstić information content (AvgIpc) is 2.84. The van der Waals surface area contributed by atoms with Gasteiger partial charge in [0.2, 0.25) is 5.91 Å². The number of Topliss-reactive ketones (excluding diaryl/α,β-unsaturated/α-hetero) is 1. The largest absolute Gasteiger partial charge is 0.366 e. The summed E-state index contributed by atoms with van der Waals surface area (Å²) >= 11 is 8.93. The van der Waals surface area contributed by atoms with Crippen LogP contribution >= 0.6 is 27.5 Å². The van der Waals surface area contributed by atoms with Gasteiger partial charge in [0, 0.05) is 18.1 Å². The Balaban J connectivity index is 2.08. The first-order valence-corrected chi connectivity index (χ1v) is 6.75. The molecule has 0 saturated carbocycles. The number of ketones is 1. The molecule has 1 atom stereocenters. The lowest BCUT2D eigenvalue weighted by atomic mass is 10.1. The summed E-state index contributed by atoms with van der Waals surface area (Å²) in [5.74, 6) is -0.826. The second-order valence-electron chi connectivity index (χ2n) is 3.80. The maximum absolute atomic E-state index is 12.0. The number of nitrogens with one attached hydrogen (secondary N) is 2. The number of carbonyl (C=O) groups is 2. The smallest absolute Gasteiger partial charge is 0.246 e. The number of anilines is 1. The Labute approximate surface area is 123 Å². The van der Waals surface area contributed by atoms with E-state index < -0.39 is 10.7 Å². The maximum Gasteiger partial charge on any atom is 0.246 e. The number of hydrogen-bond donors (Lipinski definition) is 2. The van der Waals surface area contributed by atoms with Gasteiger partial charge in [0.1, 0.15) is 0 Å². The summed E-state index contributed by atoms with van der Waals surface area (Å²) in [6.07, 6.45) is 2.96. The van der Waals surface area contributed by atoms with Crippen molar-refractivity contribution >= 4 is 44.9 Å². The zero-order valence-corrected chi connectivity index (χ0v) is 12.0. The lowest BCUT2D eigenvalue weighted by Gasteiger charge is -2.09. The van der Waals surface area contributed by atoms with Crippen molar-refractivity contribution in [3.63, 3.8) is 0 Å². The fourth-order valence-electron chi connectivity index (χ4n) is 1.52. The molecule has 0 aliphatic carbocycles. The molecular formula is C13H10BrClN2O2. The SMILES string of the molecule is O=C(Nc1ccccc1)C(Br)C(=O)c1c[nH]cc1Cl. The molecule has 2 N–H and O–H groups in total. The van der Waals surface area contributed by atoms with Crippen LogP contribution in [0.5, 0.6) is 0 Å². The number of rotatable bonds is 4. The van der Waals surface area contributed by atoms with E-state index in [2.05, 4.69) is 26.2 Å². The van der Waals surface area contributed by atoms with E-state index in [1.807, 2.05) is 6.07 Å². The molecule has 0 aliphatic rings. The number of aromatic amines is 1. The first-order valence-electron chi connectivity index (χ1n) is 5.46. The third kappa shape index (κ3) is 3.24. The van der Waals surface area contributed by atoms with Crippen LogP contribution in [0.25, 0.3) is 0 Å². The lowest BCUT2D eigenvalue weighted by molar-refractivity contribution is -0.114. The lowest BCUT2D eigenvalue weighted by Crippen LogP contribution is -2.30. The fourth-order valence-corrected chi connectivity index (χ4v) is 2.09. The summed E-state index contributed by atoms with van der Waals surface area (Å²) in [6, 6.07) is 8.91. The molecule has 1 amide bonds. The Morgan fingerprint density at radius 1 is 1.21 bits per heavy atom. The summed E-state index contributed by atoms with van der Waals surface area (Å²) in [5.41, 5.74) is 0.914. The van der Waals surface area contributed by atoms with Crippen molar-refractivity contribution in [3.05, 3.63) is 53.3 Å². The molecule has 4 nitrogen and oxygen atoms in total. The van der Waals surface area contributed by atoms with Gasteiger partial charge in [-0.3, -0.25) is 9.59 Å². The van der Waals surface area contributed by atoms with E-state index in [0.29, 0.717) is 10.7 Å². The van der Waals surface area contributed by atoms with E-state index >= 15 is 0 Å². The fraction of sp³-hybridized carbons (Fsp3) is 0.0769. The minimum absolute atomic E-state index is 0.284. The highest BCUT2D eigenvalue weighted by Gasteiger charge is 2.26. The van der Waals surface area contributed by atoms with Gasteiger partial charge in [-0.25, -0.2) is 0 Å². The van der Waals surface area contributed by atoms with Crippen LogP contribution in [0.4, 0.5) is 5.69 Å². The van der Waals surface area contributed by atoms with Gasteiger partial charge in [-0.15, -0.1) is 0 Å². The molecule has 1 unspecified atom stereocenters. The number of hydrogen-bond acceptors (Lipinski definition) is 2. The van der Waals surface area contributed by atoms with Crippen molar-refractivity contribution in [2.24, 2.45) is 0 Å². The van der Waals surface area contributed by atoms with Crippen LogP contribution in [-0.2, 0) is 4.79 Å². The molecule has 0 spiro atoms. The minimum Gasteiger partial charge on any atom is -0.366 e. The van der Waals surface area contributed by atoms with Crippen LogP contribution in [0.3, 0.4) is 0 Å². The zero-order chi connectivity index (χ0) is 13.8. The van der Waals surface area contributed by atoms with E-state index in [1.54, 1.807) is 24.3 Å². The van der Waals surface area contributed by atoms with Gasteiger partial charge in [0.15, 0.2) is 10.6 Å². The Morgan fingerprint density at radius 2 is 1.89 bits per heavy atom. The van der Waals surface area contributed by atoms with Crippen LogP contribution in [0.2, 0.25) is 5.02 Å². The van der Waals surface area contributed by atoms with Crippen LogP contribution in [0, 0.1) is 0 Å². The Morgan fingerprint density at radius 3 is 2.47 bits per heavy atom. The number of amides is 1. The van der Waals surface area contributed by atoms with Crippen LogP contribution in [0.1, 0.15) is 10.4 Å². The molecule has 2 aromatic rings. The van der Waals surface area contributed by atoms with Gasteiger partial charge >= 0.3 is 0 Å². The van der Waals surface area contributed by atoms with E-state index in [9.17, 15) is 9.59 Å². The van der Waals surface area contributed by atoms with Gasteiger partial charge in [-0.1, -0.05) is 45.7 Å². The van der Waals surface area contributed by atoms with Crippen molar-refractivity contribution in [1.82, 2.24) is 4.98 Å². The molecular weight excluding hydrogens is 332 g/mol. The van der Waals surface area contributed by atoms with E-state index in [-0.39, 0.29) is 11.3 Å². The highest BCUT2D eigenvalue weighted by Crippen LogP contribution is 2.20. The zero-order valence-electron chi connectivity index (χ0n) is 9.69. The van der Waals surface area contributed by atoms with Crippen molar-refractivity contribution in [2.75, 3.05) is 5.32 Å². The Hall–Kier alpha value is -1.59. The standard InChI is InChI=1S/C13H10BrClN2O2/c14-11(12(18)9-6-16-7-10(9)15)13(19)17-8-4-2-1-3-5-8/h1-7,11,16H,(H,17,19). The maximum atomic E-state index is 12.0. The highest BCUT2D eigenvalue weighted by atomic mass is 79.9. The van der Waals surface area contributed by atoms with Gasteiger partial charge in [-0.2, -0.15) is 0 Å². The number of carbonyl (C=O) groups excluding carboxylic acids is 2.